The van der Waals surface area contributed by atoms with Crippen LogP contribution >= 0.6 is 11.6 Å². The first-order valence-corrected chi connectivity index (χ1v) is 5.23. The Balaban J connectivity index is 2.27. The molecule has 88 valence electrons. The minimum absolute atomic E-state index is 0.321. The first-order valence-electron chi connectivity index (χ1n) is 4.85. The molecule has 2 aromatic rings. The van der Waals surface area contributed by atoms with Gasteiger partial charge in [0.2, 0.25) is 0 Å². The van der Waals surface area contributed by atoms with Crippen molar-refractivity contribution in [3.8, 4) is 11.3 Å². The Bertz CT molecular complexity index is 539. The van der Waals surface area contributed by atoms with Gasteiger partial charge in [-0.3, -0.25) is 14.7 Å². The number of nitrogens with zero attached hydrogens (tertiary/aromatic N) is 1. The number of hydrogen-bond acceptors (Lipinski definition) is 3. The summed E-state index contributed by atoms with van der Waals surface area (Å²) in [5.41, 5.74) is 4.01. The summed E-state index contributed by atoms with van der Waals surface area (Å²) < 4.78 is 0. The molecule has 0 fully saturated rings. The molecule has 0 aliphatic carbocycles. The van der Waals surface area contributed by atoms with E-state index in [0.717, 1.165) is 5.56 Å². The molecule has 0 saturated heterocycles. The molecule has 2 N–H and O–H groups in total. The summed E-state index contributed by atoms with van der Waals surface area (Å²) in [6.45, 7) is 0. The average Bonchev–Trinajstić information content (AvgIpc) is 2.78. The van der Waals surface area contributed by atoms with Crippen LogP contribution in [0.1, 0.15) is 10.5 Å². The Labute approximate surface area is 103 Å². The zero-order valence-electron chi connectivity index (χ0n) is 9.03. The standard InChI is InChI=1S/C11H10ClN3O2/c1-17-15-11(16)10-6-9(13-14-10)7-3-2-4-8(12)5-7/h2-6H,1H3,(H,13,14)(H,15,16). The first kappa shape index (κ1) is 11.6. The van der Waals surface area contributed by atoms with Gasteiger partial charge >= 0.3 is 0 Å². The molecule has 17 heavy (non-hydrogen) atoms. The summed E-state index contributed by atoms with van der Waals surface area (Å²) >= 11 is 5.88. The lowest BCUT2D eigenvalue weighted by Gasteiger charge is -1.97. The van der Waals surface area contributed by atoms with Gasteiger partial charge in [0, 0.05) is 10.6 Å². The average molecular weight is 252 g/mol. The van der Waals surface area contributed by atoms with Crippen molar-refractivity contribution >= 4 is 17.5 Å². The number of amides is 1. The lowest BCUT2D eigenvalue weighted by Crippen LogP contribution is -2.22. The van der Waals surface area contributed by atoms with Crippen LogP contribution in [0.5, 0.6) is 0 Å². The van der Waals surface area contributed by atoms with E-state index in [9.17, 15) is 4.79 Å². The third-order valence-electron chi connectivity index (χ3n) is 2.14. The second-order valence-corrected chi connectivity index (χ2v) is 3.75. The van der Waals surface area contributed by atoms with E-state index >= 15 is 0 Å². The summed E-state index contributed by atoms with van der Waals surface area (Å²) in [5, 5.41) is 7.27. The number of hydrogen-bond donors (Lipinski definition) is 2. The van der Waals surface area contributed by atoms with Gasteiger partial charge in [-0.05, 0) is 18.2 Å². The summed E-state index contributed by atoms with van der Waals surface area (Å²) in [6.07, 6.45) is 0. The molecule has 0 bridgehead atoms. The van der Waals surface area contributed by atoms with Gasteiger partial charge in [-0.2, -0.15) is 5.10 Å². The van der Waals surface area contributed by atoms with Crippen molar-refractivity contribution in [2.45, 2.75) is 0 Å². The maximum absolute atomic E-state index is 11.4. The van der Waals surface area contributed by atoms with Crippen LogP contribution in [0.25, 0.3) is 11.3 Å². The molecule has 1 aromatic heterocycles. The van der Waals surface area contributed by atoms with Gasteiger partial charge in [0.1, 0.15) is 5.69 Å². The van der Waals surface area contributed by atoms with Crippen molar-refractivity contribution in [3.63, 3.8) is 0 Å². The van der Waals surface area contributed by atoms with Crippen molar-refractivity contribution in [1.29, 1.82) is 0 Å². The molecule has 1 aromatic carbocycles. The third kappa shape index (κ3) is 2.64. The van der Waals surface area contributed by atoms with Crippen LogP contribution in [0.15, 0.2) is 30.3 Å². The number of aromatic nitrogens is 2. The minimum Gasteiger partial charge on any atom is -0.277 e. The summed E-state index contributed by atoms with van der Waals surface area (Å²) in [4.78, 5) is 15.9. The SMILES string of the molecule is CONC(=O)c1cc(-c2cccc(Cl)c2)n[nH]1. The number of carbonyl (C=O) groups excluding carboxylic acids is 1. The highest BCUT2D eigenvalue weighted by molar-refractivity contribution is 6.30. The van der Waals surface area contributed by atoms with Gasteiger partial charge in [0.15, 0.2) is 0 Å². The van der Waals surface area contributed by atoms with Gasteiger partial charge in [0.25, 0.3) is 5.91 Å². The highest BCUT2D eigenvalue weighted by Gasteiger charge is 2.10. The van der Waals surface area contributed by atoms with E-state index in [1.165, 1.54) is 7.11 Å². The largest absolute Gasteiger partial charge is 0.292 e. The minimum atomic E-state index is -0.381. The Morgan fingerprint density at radius 3 is 3.00 bits per heavy atom. The predicted molar refractivity (Wildman–Crippen MR) is 63.5 cm³/mol. The maximum Gasteiger partial charge on any atom is 0.292 e. The number of nitrogens with one attached hydrogen (secondary N) is 2. The van der Waals surface area contributed by atoms with Gasteiger partial charge in [-0.25, -0.2) is 5.48 Å². The van der Waals surface area contributed by atoms with Crippen molar-refractivity contribution in [1.82, 2.24) is 15.7 Å². The summed E-state index contributed by atoms with van der Waals surface area (Å²) in [6, 6.07) is 8.85. The van der Waals surface area contributed by atoms with Crippen LogP contribution < -0.4 is 5.48 Å². The monoisotopic (exact) mass is 251 g/mol. The van der Waals surface area contributed by atoms with E-state index in [1.54, 1.807) is 18.2 Å². The maximum atomic E-state index is 11.4. The van der Waals surface area contributed by atoms with Crippen molar-refractivity contribution in [3.05, 3.63) is 41.0 Å². The molecule has 2 rings (SSSR count). The quantitative estimate of drug-likeness (QED) is 0.820. The molecule has 0 aliphatic rings. The van der Waals surface area contributed by atoms with Crippen LogP contribution in [0.4, 0.5) is 0 Å². The highest BCUT2D eigenvalue weighted by atomic mass is 35.5. The molecule has 0 atom stereocenters. The second kappa shape index (κ2) is 4.99. The van der Waals surface area contributed by atoms with Gasteiger partial charge < -0.3 is 0 Å². The Morgan fingerprint density at radius 2 is 2.29 bits per heavy atom. The molecular formula is C11H10ClN3O2. The topological polar surface area (TPSA) is 67.0 Å². The molecule has 0 unspecified atom stereocenters. The Morgan fingerprint density at radius 1 is 1.47 bits per heavy atom. The molecular weight excluding hydrogens is 242 g/mol. The number of halogens is 1. The van der Waals surface area contributed by atoms with Crippen molar-refractivity contribution < 1.29 is 9.63 Å². The number of aromatic amines is 1. The molecule has 5 nitrogen and oxygen atoms in total. The number of carbonyl (C=O) groups is 1. The van der Waals surface area contributed by atoms with Crippen LogP contribution in [-0.4, -0.2) is 23.2 Å². The first-order chi connectivity index (χ1) is 8.20. The van der Waals surface area contributed by atoms with Gasteiger partial charge in [0.05, 0.1) is 12.8 Å². The number of hydroxylamine groups is 1. The zero-order chi connectivity index (χ0) is 12.3. The number of rotatable bonds is 3. The van der Waals surface area contributed by atoms with E-state index in [4.69, 9.17) is 11.6 Å². The van der Waals surface area contributed by atoms with Crippen molar-refractivity contribution in [2.75, 3.05) is 7.11 Å². The van der Waals surface area contributed by atoms with Crippen LogP contribution in [0, 0.1) is 0 Å². The Hall–Kier alpha value is -1.85. The van der Waals surface area contributed by atoms with E-state index in [-0.39, 0.29) is 5.91 Å². The fraction of sp³-hybridized carbons (Fsp3) is 0.0909. The lowest BCUT2D eigenvalue weighted by molar-refractivity contribution is 0.0532. The molecule has 1 amide bonds. The van der Waals surface area contributed by atoms with Gasteiger partial charge in [-0.15, -0.1) is 0 Å². The van der Waals surface area contributed by atoms with E-state index in [2.05, 4.69) is 20.5 Å². The number of benzene rings is 1. The second-order valence-electron chi connectivity index (χ2n) is 3.31. The molecule has 0 spiro atoms. The van der Waals surface area contributed by atoms with E-state index in [0.29, 0.717) is 16.4 Å². The normalized spacial score (nSPS) is 10.2. The third-order valence-corrected chi connectivity index (χ3v) is 2.37. The van der Waals surface area contributed by atoms with E-state index in [1.807, 2.05) is 12.1 Å². The Kier molecular flexibility index (Phi) is 3.41. The summed E-state index contributed by atoms with van der Waals surface area (Å²) in [5.74, 6) is -0.381. The summed E-state index contributed by atoms with van der Waals surface area (Å²) in [7, 11) is 1.37. The van der Waals surface area contributed by atoms with Crippen LogP contribution in [-0.2, 0) is 4.84 Å². The van der Waals surface area contributed by atoms with Gasteiger partial charge in [-0.1, -0.05) is 23.7 Å². The fourth-order valence-corrected chi connectivity index (χ4v) is 1.57. The number of H-pyrrole nitrogens is 1. The highest BCUT2D eigenvalue weighted by Crippen LogP contribution is 2.21. The van der Waals surface area contributed by atoms with Crippen molar-refractivity contribution in [2.24, 2.45) is 0 Å². The molecule has 0 aliphatic heterocycles. The van der Waals surface area contributed by atoms with Crippen LogP contribution in [0.2, 0.25) is 5.02 Å². The van der Waals surface area contributed by atoms with Crippen LogP contribution in [0.3, 0.4) is 0 Å². The molecule has 1 heterocycles. The predicted octanol–water partition coefficient (Wildman–Crippen LogP) is 2.02. The lowest BCUT2D eigenvalue weighted by atomic mass is 10.1. The zero-order valence-corrected chi connectivity index (χ0v) is 9.78. The van der Waals surface area contributed by atoms with E-state index < -0.39 is 0 Å². The molecule has 0 radical (unpaired) electrons. The fourth-order valence-electron chi connectivity index (χ4n) is 1.38. The molecule has 0 saturated carbocycles. The molecule has 6 heteroatoms. The smallest absolute Gasteiger partial charge is 0.277 e.